The van der Waals surface area contributed by atoms with Crippen LogP contribution in [0.15, 0.2) is 55.0 Å². The number of aryl methyl sites for hydroxylation is 1. The molecule has 8 heteroatoms. The van der Waals surface area contributed by atoms with E-state index in [0.717, 1.165) is 11.9 Å². The molecule has 2 heterocycles. The van der Waals surface area contributed by atoms with Crippen molar-refractivity contribution >= 4 is 5.91 Å². The highest BCUT2D eigenvalue weighted by atomic mass is 19.4. The third-order valence-electron chi connectivity index (χ3n) is 4.47. The first-order valence-electron chi connectivity index (χ1n) is 8.62. The predicted octanol–water partition coefficient (Wildman–Crippen LogP) is 4.04. The molecule has 0 N–H and O–H groups in total. The number of amides is 1. The van der Waals surface area contributed by atoms with Gasteiger partial charge in [-0.3, -0.25) is 9.78 Å². The van der Waals surface area contributed by atoms with Crippen LogP contribution < -0.4 is 0 Å². The lowest BCUT2D eigenvalue weighted by Crippen LogP contribution is -2.30. The molecule has 28 heavy (non-hydrogen) atoms. The van der Waals surface area contributed by atoms with Crippen molar-refractivity contribution in [1.82, 2.24) is 19.4 Å². The molecule has 146 valence electrons. The van der Waals surface area contributed by atoms with Crippen molar-refractivity contribution in [3.8, 4) is 11.1 Å². The number of halogens is 3. The van der Waals surface area contributed by atoms with Crippen LogP contribution in [0.25, 0.3) is 11.1 Å². The Hall–Kier alpha value is -3.16. The lowest BCUT2D eigenvalue weighted by atomic mass is 10.0. The first kappa shape index (κ1) is 19.6. The van der Waals surface area contributed by atoms with Crippen molar-refractivity contribution in [1.29, 1.82) is 0 Å². The average Bonchev–Trinajstić information content (AvgIpc) is 3.10. The van der Waals surface area contributed by atoms with Gasteiger partial charge < -0.3 is 9.47 Å². The molecule has 0 fully saturated rings. The molecule has 5 nitrogen and oxygen atoms in total. The van der Waals surface area contributed by atoms with E-state index < -0.39 is 11.9 Å². The average molecular weight is 388 g/mol. The van der Waals surface area contributed by atoms with Gasteiger partial charge in [-0.05, 0) is 30.7 Å². The Bertz CT molecular complexity index is 947. The van der Waals surface area contributed by atoms with Gasteiger partial charge in [0, 0.05) is 49.9 Å². The number of nitrogens with zero attached hydrogens (tertiary/aromatic N) is 4. The molecule has 3 rings (SSSR count). The Morgan fingerprint density at radius 1 is 1.07 bits per heavy atom. The van der Waals surface area contributed by atoms with E-state index in [1.807, 2.05) is 17.7 Å². The second kappa shape index (κ2) is 7.84. The zero-order chi connectivity index (χ0) is 20.3. The standard InChI is InChI=1S/C20H19F3N4O/c1-14-24-9-10-27(14)12-11-26(2)19(28)16-5-3-15(4-6-16)17-7-8-18(25-13-17)20(21,22)23/h3-10,13H,11-12H2,1-2H3. The van der Waals surface area contributed by atoms with Gasteiger partial charge in [0.25, 0.3) is 5.91 Å². The highest BCUT2D eigenvalue weighted by Crippen LogP contribution is 2.29. The fraction of sp³-hybridized carbons (Fsp3) is 0.250. The minimum Gasteiger partial charge on any atom is -0.340 e. The SMILES string of the molecule is Cc1nccn1CCN(C)C(=O)c1ccc(-c2ccc(C(F)(F)F)nc2)cc1. The fourth-order valence-electron chi connectivity index (χ4n) is 2.76. The molecular weight excluding hydrogens is 369 g/mol. The van der Waals surface area contributed by atoms with Gasteiger partial charge in [0.2, 0.25) is 0 Å². The van der Waals surface area contributed by atoms with Crippen LogP contribution in [0.5, 0.6) is 0 Å². The summed E-state index contributed by atoms with van der Waals surface area (Å²) >= 11 is 0. The lowest BCUT2D eigenvalue weighted by Gasteiger charge is -2.18. The van der Waals surface area contributed by atoms with E-state index in [9.17, 15) is 18.0 Å². The molecule has 0 aliphatic carbocycles. The van der Waals surface area contributed by atoms with E-state index >= 15 is 0 Å². The number of imidazole rings is 1. The van der Waals surface area contributed by atoms with Crippen molar-refractivity contribution in [2.45, 2.75) is 19.6 Å². The number of alkyl halides is 3. The summed E-state index contributed by atoms with van der Waals surface area (Å²) in [5.74, 6) is 0.755. The van der Waals surface area contributed by atoms with Gasteiger partial charge >= 0.3 is 6.18 Å². The predicted molar refractivity (Wildman–Crippen MR) is 98.6 cm³/mol. The summed E-state index contributed by atoms with van der Waals surface area (Å²) < 4.78 is 39.8. The van der Waals surface area contributed by atoms with E-state index in [-0.39, 0.29) is 5.91 Å². The number of hydrogen-bond acceptors (Lipinski definition) is 3. The molecule has 0 saturated carbocycles. The van der Waals surface area contributed by atoms with Crippen molar-refractivity contribution in [3.63, 3.8) is 0 Å². The highest BCUT2D eigenvalue weighted by molar-refractivity contribution is 5.94. The van der Waals surface area contributed by atoms with Crippen molar-refractivity contribution in [2.75, 3.05) is 13.6 Å². The fourth-order valence-corrected chi connectivity index (χ4v) is 2.76. The maximum absolute atomic E-state index is 12.6. The number of pyridine rings is 1. The summed E-state index contributed by atoms with van der Waals surface area (Å²) in [6, 6.07) is 9.03. The van der Waals surface area contributed by atoms with Crippen LogP contribution in [0.1, 0.15) is 21.9 Å². The summed E-state index contributed by atoms with van der Waals surface area (Å²) in [5.41, 5.74) is 0.816. The van der Waals surface area contributed by atoms with Crippen LogP contribution in [0.3, 0.4) is 0 Å². The van der Waals surface area contributed by atoms with Crippen LogP contribution in [-0.2, 0) is 12.7 Å². The molecule has 0 unspecified atom stereocenters. The van der Waals surface area contributed by atoms with Crippen LogP contribution in [0, 0.1) is 6.92 Å². The van der Waals surface area contributed by atoms with Gasteiger partial charge in [-0.1, -0.05) is 18.2 Å². The summed E-state index contributed by atoms with van der Waals surface area (Å²) in [6.07, 6.45) is 0.292. The van der Waals surface area contributed by atoms with Crippen LogP contribution in [0.4, 0.5) is 13.2 Å². The van der Waals surface area contributed by atoms with E-state index in [1.165, 1.54) is 12.3 Å². The molecule has 0 bridgehead atoms. The quantitative estimate of drug-likeness (QED) is 0.663. The highest BCUT2D eigenvalue weighted by Gasteiger charge is 2.32. The van der Waals surface area contributed by atoms with Gasteiger partial charge in [-0.2, -0.15) is 13.2 Å². The van der Waals surface area contributed by atoms with Gasteiger partial charge in [0.1, 0.15) is 11.5 Å². The number of hydrogen-bond donors (Lipinski definition) is 0. The number of rotatable bonds is 5. The molecular formula is C20H19F3N4O. The maximum Gasteiger partial charge on any atom is 0.433 e. The first-order valence-corrected chi connectivity index (χ1v) is 8.62. The largest absolute Gasteiger partial charge is 0.433 e. The number of carbonyl (C=O) groups is 1. The number of likely N-dealkylation sites (N-methyl/N-ethyl adjacent to an activating group) is 1. The van der Waals surface area contributed by atoms with E-state index in [1.54, 1.807) is 42.4 Å². The molecule has 0 radical (unpaired) electrons. The van der Waals surface area contributed by atoms with E-state index in [2.05, 4.69) is 9.97 Å². The maximum atomic E-state index is 12.6. The monoisotopic (exact) mass is 388 g/mol. The van der Waals surface area contributed by atoms with Crippen LogP contribution in [-0.4, -0.2) is 38.9 Å². The minimum atomic E-state index is -4.46. The van der Waals surface area contributed by atoms with E-state index in [4.69, 9.17) is 0 Å². The molecule has 1 aromatic carbocycles. The van der Waals surface area contributed by atoms with Gasteiger partial charge in [-0.15, -0.1) is 0 Å². The molecule has 3 aromatic rings. The normalized spacial score (nSPS) is 11.5. The molecule has 0 aliphatic rings. The van der Waals surface area contributed by atoms with E-state index in [0.29, 0.717) is 29.8 Å². The second-order valence-electron chi connectivity index (χ2n) is 6.40. The van der Waals surface area contributed by atoms with Crippen molar-refractivity contribution in [2.24, 2.45) is 0 Å². The molecule has 2 aromatic heterocycles. The summed E-state index contributed by atoms with van der Waals surface area (Å²) in [7, 11) is 1.72. The van der Waals surface area contributed by atoms with Gasteiger partial charge in [-0.25, -0.2) is 4.98 Å². The Morgan fingerprint density at radius 2 is 1.75 bits per heavy atom. The Balaban J connectivity index is 1.66. The zero-order valence-electron chi connectivity index (χ0n) is 15.4. The zero-order valence-corrected chi connectivity index (χ0v) is 15.4. The molecule has 1 amide bonds. The molecule has 0 saturated heterocycles. The van der Waals surface area contributed by atoms with Crippen molar-refractivity contribution < 1.29 is 18.0 Å². The smallest absolute Gasteiger partial charge is 0.340 e. The molecule has 0 atom stereocenters. The Morgan fingerprint density at radius 3 is 2.29 bits per heavy atom. The Kier molecular flexibility index (Phi) is 5.48. The van der Waals surface area contributed by atoms with Crippen LogP contribution in [0.2, 0.25) is 0 Å². The summed E-state index contributed by atoms with van der Waals surface area (Å²) in [6.45, 7) is 3.07. The van der Waals surface area contributed by atoms with Crippen LogP contribution >= 0.6 is 0 Å². The molecule has 0 spiro atoms. The summed E-state index contributed by atoms with van der Waals surface area (Å²) in [4.78, 5) is 21.8. The topological polar surface area (TPSA) is 51.0 Å². The Labute approximate surface area is 160 Å². The van der Waals surface area contributed by atoms with Gasteiger partial charge in [0.15, 0.2) is 0 Å². The third kappa shape index (κ3) is 4.39. The third-order valence-corrected chi connectivity index (χ3v) is 4.47. The number of carbonyl (C=O) groups excluding carboxylic acids is 1. The second-order valence-corrected chi connectivity index (χ2v) is 6.40. The van der Waals surface area contributed by atoms with Gasteiger partial charge in [0.05, 0.1) is 0 Å². The lowest BCUT2D eigenvalue weighted by molar-refractivity contribution is -0.141. The minimum absolute atomic E-state index is 0.130. The molecule has 0 aliphatic heterocycles. The summed E-state index contributed by atoms with van der Waals surface area (Å²) in [5, 5.41) is 0. The number of aromatic nitrogens is 3. The number of benzene rings is 1. The first-order chi connectivity index (χ1) is 13.3. The van der Waals surface area contributed by atoms with Crippen molar-refractivity contribution in [3.05, 3.63) is 72.1 Å².